The first-order valence-electron chi connectivity index (χ1n) is 5.02. The zero-order valence-electron chi connectivity index (χ0n) is 8.67. The summed E-state index contributed by atoms with van der Waals surface area (Å²) in [7, 11) is 0. The van der Waals surface area contributed by atoms with Gasteiger partial charge in [0, 0.05) is 18.4 Å². The van der Waals surface area contributed by atoms with Crippen LogP contribution < -0.4 is 5.73 Å². The molecule has 0 saturated heterocycles. The molecule has 90 valence electrons. The molecule has 1 aliphatic rings. The Bertz CT molecular complexity index is 325. The van der Waals surface area contributed by atoms with Gasteiger partial charge in [0.2, 0.25) is 0 Å². The molecule has 3 atom stereocenters. The van der Waals surface area contributed by atoms with E-state index in [1.807, 2.05) is 0 Å². The van der Waals surface area contributed by atoms with Gasteiger partial charge >= 0.3 is 11.9 Å². The number of rotatable bonds is 4. The van der Waals surface area contributed by atoms with E-state index in [0.717, 1.165) is 0 Å². The molecular weight excluding hydrogens is 214 g/mol. The third-order valence-corrected chi connectivity index (χ3v) is 2.82. The monoisotopic (exact) mass is 229 g/mol. The molecule has 6 nitrogen and oxygen atoms in total. The lowest BCUT2D eigenvalue weighted by Gasteiger charge is -2.31. The number of carboxylic acid groups (broad SMARTS) is 2. The van der Waals surface area contributed by atoms with E-state index in [9.17, 15) is 14.7 Å². The highest BCUT2D eigenvalue weighted by atomic mass is 16.4. The Morgan fingerprint density at radius 3 is 2.56 bits per heavy atom. The number of aliphatic hydroxyl groups is 1. The highest BCUT2D eigenvalue weighted by Gasteiger charge is 2.34. The van der Waals surface area contributed by atoms with Crippen molar-refractivity contribution in [3.05, 3.63) is 11.6 Å². The van der Waals surface area contributed by atoms with Gasteiger partial charge in [-0.15, -0.1) is 0 Å². The van der Waals surface area contributed by atoms with Crippen LogP contribution >= 0.6 is 0 Å². The van der Waals surface area contributed by atoms with Gasteiger partial charge in [0.25, 0.3) is 0 Å². The number of nitrogens with two attached hydrogens (primary N) is 1. The lowest BCUT2D eigenvalue weighted by molar-refractivity contribution is -0.137. The Hall–Kier alpha value is -1.40. The normalized spacial score (nSPS) is 29.6. The molecule has 5 N–H and O–H groups in total. The third-order valence-electron chi connectivity index (χ3n) is 2.82. The van der Waals surface area contributed by atoms with Gasteiger partial charge in [-0.2, -0.15) is 0 Å². The molecule has 0 saturated carbocycles. The minimum Gasteiger partial charge on any atom is -0.481 e. The van der Waals surface area contributed by atoms with Crippen molar-refractivity contribution in [2.24, 2.45) is 11.7 Å². The smallest absolute Gasteiger partial charge is 0.333 e. The maximum absolute atomic E-state index is 10.8. The second-order valence-corrected chi connectivity index (χ2v) is 3.91. The molecule has 0 amide bonds. The fraction of sp³-hybridized carbons (Fsp3) is 0.600. The summed E-state index contributed by atoms with van der Waals surface area (Å²) in [5, 5.41) is 27.1. The van der Waals surface area contributed by atoms with Crippen molar-refractivity contribution >= 4 is 11.9 Å². The minimum absolute atomic E-state index is 0.0860. The lowest BCUT2D eigenvalue weighted by atomic mass is 9.80. The summed E-state index contributed by atoms with van der Waals surface area (Å²) in [5.41, 5.74) is 5.64. The summed E-state index contributed by atoms with van der Waals surface area (Å²) in [5.74, 6) is -2.67. The van der Waals surface area contributed by atoms with E-state index in [-0.39, 0.29) is 18.4 Å². The highest BCUT2D eigenvalue weighted by Crippen LogP contribution is 2.27. The molecule has 0 heterocycles. The molecule has 0 bridgehead atoms. The second kappa shape index (κ2) is 5.09. The van der Waals surface area contributed by atoms with E-state index in [1.54, 1.807) is 0 Å². The third kappa shape index (κ3) is 2.80. The average Bonchev–Trinajstić information content (AvgIpc) is 2.16. The quantitative estimate of drug-likeness (QED) is 0.519. The second-order valence-electron chi connectivity index (χ2n) is 3.91. The molecular formula is C10H15NO5. The van der Waals surface area contributed by atoms with Crippen LogP contribution in [0.2, 0.25) is 0 Å². The topological polar surface area (TPSA) is 121 Å². The lowest BCUT2D eigenvalue weighted by Crippen LogP contribution is -2.43. The molecule has 0 aromatic carbocycles. The average molecular weight is 229 g/mol. The van der Waals surface area contributed by atoms with Crippen LogP contribution in [0.25, 0.3) is 0 Å². The van der Waals surface area contributed by atoms with Gasteiger partial charge in [-0.3, -0.25) is 4.79 Å². The van der Waals surface area contributed by atoms with E-state index in [0.29, 0.717) is 6.42 Å². The molecule has 0 aliphatic heterocycles. The summed E-state index contributed by atoms with van der Waals surface area (Å²) >= 11 is 0. The van der Waals surface area contributed by atoms with Crippen molar-refractivity contribution in [1.29, 1.82) is 0 Å². The summed E-state index contributed by atoms with van der Waals surface area (Å²) in [4.78, 5) is 21.2. The van der Waals surface area contributed by atoms with E-state index < -0.39 is 30.0 Å². The van der Waals surface area contributed by atoms with Crippen LogP contribution in [0.15, 0.2) is 11.6 Å². The van der Waals surface area contributed by atoms with Crippen molar-refractivity contribution in [2.45, 2.75) is 31.4 Å². The fourth-order valence-electron chi connectivity index (χ4n) is 1.90. The van der Waals surface area contributed by atoms with Gasteiger partial charge in [-0.25, -0.2) is 4.79 Å². The predicted octanol–water partition coefficient (Wildman–Crippen LogP) is -0.430. The van der Waals surface area contributed by atoms with Crippen LogP contribution in [-0.2, 0) is 9.59 Å². The van der Waals surface area contributed by atoms with Crippen molar-refractivity contribution in [1.82, 2.24) is 0 Å². The number of hydrogen-bond acceptors (Lipinski definition) is 4. The number of aliphatic hydroxyl groups excluding tert-OH is 1. The first kappa shape index (κ1) is 12.7. The molecule has 0 aromatic rings. The first-order chi connectivity index (χ1) is 7.43. The van der Waals surface area contributed by atoms with E-state index in [1.165, 1.54) is 6.08 Å². The largest absolute Gasteiger partial charge is 0.481 e. The van der Waals surface area contributed by atoms with E-state index in [2.05, 4.69) is 0 Å². The number of hydrogen-bond donors (Lipinski definition) is 4. The molecule has 0 radical (unpaired) electrons. The highest BCUT2D eigenvalue weighted by molar-refractivity contribution is 5.88. The van der Waals surface area contributed by atoms with Gasteiger partial charge in [0.1, 0.15) is 0 Å². The maximum Gasteiger partial charge on any atom is 0.333 e. The summed E-state index contributed by atoms with van der Waals surface area (Å²) < 4.78 is 0. The van der Waals surface area contributed by atoms with Gasteiger partial charge in [0.15, 0.2) is 0 Å². The van der Waals surface area contributed by atoms with Crippen LogP contribution in [0.5, 0.6) is 0 Å². The summed E-state index contributed by atoms with van der Waals surface area (Å²) in [6.45, 7) is 0. The molecule has 0 fully saturated rings. The summed E-state index contributed by atoms with van der Waals surface area (Å²) in [6, 6.07) is -0.391. The van der Waals surface area contributed by atoms with Crippen molar-refractivity contribution in [3.8, 4) is 0 Å². The maximum atomic E-state index is 10.8. The van der Waals surface area contributed by atoms with Crippen LogP contribution in [0.3, 0.4) is 0 Å². The molecule has 1 aliphatic carbocycles. The zero-order valence-corrected chi connectivity index (χ0v) is 8.67. The van der Waals surface area contributed by atoms with Gasteiger partial charge in [-0.05, 0) is 12.8 Å². The van der Waals surface area contributed by atoms with Gasteiger partial charge < -0.3 is 21.1 Å². The molecule has 0 aromatic heterocycles. The molecule has 1 rings (SSSR count). The number of aliphatic carboxylic acids is 2. The number of carbonyl (C=O) groups is 2. The summed E-state index contributed by atoms with van der Waals surface area (Å²) in [6.07, 6.45) is 0.628. The fourth-order valence-corrected chi connectivity index (χ4v) is 1.90. The van der Waals surface area contributed by atoms with Gasteiger partial charge in [-0.1, -0.05) is 6.08 Å². The van der Waals surface area contributed by atoms with Crippen molar-refractivity contribution in [3.63, 3.8) is 0 Å². The first-order valence-corrected chi connectivity index (χ1v) is 5.02. The van der Waals surface area contributed by atoms with Crippen molar-refractivity contribution in [2.75, 3.05) is 0 Å². The van der Waals surface area contributed by atoms with E-state index in [4.69, 9.17) is 15.9 Å². The standard InChI is InChI=1S/C10H15NO5/c11-7-3-1-6(10(15)16)9(14)5(7)2-4-8(12)13/h1,5,7,9,14H,2-4,11H2,(H,12,13)(H,15,16)/t5-,7+,9+/m0/s1. The molecule has 16 heavy (non-hydrogen) atoms. The Balaban J connectivity index is 2.73. The Morgan fingerprint density at radius 1 is 1.44 bits per heavy atom. The Labute approximate surface area is 92.4 Å². The Kier molecular flexibility index (Phi) is 4.03. The molecule has 6 heteroatoms. The van der Waals surface area contributed by atoms with Crippen LogP contribution in [0.4, 0.5) is 0 Å². The van der Waals surface area contributed by atoms with E-state index >= 15 is 0 Å². The molecule has 0 unspecified atom stereocenters. The SMILES string of the molecule is N[C@@H]1CC=C(C(=O)O)[C@H](O)[C@H]1CCC(=O)O. The predicted molar refractivity (Wildman–Crippen MR) is 54.7 cm³/mol. The minimum atomic E-state index is -1.18. The van der Waals surface area contributed by atoms with Crippen LogP contribution in [0.1, 0.15) is 19.3 Å². The number of carboxylic acids is 2. The van der Waals surface area contributed by atoms with Crippen molar-refractivity contribution < 1.29 is 24.9 Å². The zero-order chi connectivity index (χ0) is 12.3. The molecule has 0 spiro atoms. The van der Waals surface area contributed by atoms with Gasteiger partial charge in [0.05, 0.1) is 11.7 Å². The van der Waals surface area contributed by atoms with Crippen LogP contribution in [0, 0.1) is 5.92 Å². The Morgan fingerprint density at radius 2 is 2.06 bits per heavy atom. The van der Waals surface area contributed by atoms with Crippen LogP contribution in [-0.4, -0.2) is 39.4 Å².